The van der Waals surface area contributed by atoms with E-state index >= 15 is 0 Å². The van der Waals surface area contributed by atoms with Gasteiger partial charge in [-0.1, -0.05) is 24.6 Å². The molecule has 0 saturated carbocycles. The van der Waals surface area contributed by atoms with Crippen LogP contribution in [0.4, 0.5) is 0 Å². The molecule has 1 aliphatic rings. The van der Waals surface area contributed by atoms with Crippen molar-refractivity contribution in [3.05, 3.63) is 29.8 Å². The van der Waals surface area contributed by atoms with Gasteiger partial charge in [-0.15, -0.1) is 0 Å². The van der Waals surface area contributed by atoms with Gasteiger partial charge in [-0.2, -0.15) is 0 Å². The van der Waals surface area contributed by atoms with Crippen LogP contribution in [0.25, 0.3) is 0 Å². The van der Waals surface area contributed by atoms with Crippen LogP contribution in [0.2, 0.25) is 0 Å². The number of hydrogen-bond acceptors (Lipinski definition) is 5. The van der Waals surface area contributed by atoms with E-state index in [4.69, 9.17) is 0 Å². The Morgan fingerprint density at radius 3 is 2.38 bits per heavy atom. The van der Waals surface area contributed by atoms with Gasteiger partial charge in [0.2, 0.25) is 0 Å². The molecular formula is C14H21NO4S2. The van der Waals surface area contributed by atoms with Gasteiger partial charge in [-0.05, 0) is 32.0 Å². The zero-order valence-electron chi connectivity index (χ0n) is 12.2. The van der Waals surface area contributed by atoms with Gasteiger partial charge in [0.1, 0.15) is 0 Å². The second-order valence-electron chi connectivity index (χ2n) is 5.53. The van der Waals surface area contributed by atoms with E-state index in [1.54, 1.807) is 24.3 Å². The number of nitrogens with one attached hydrogen (secondary N) is 1. The van der Waals surface area contributed by atoms with Crippen molar-refractivity contribution >= 4 is 19.7 Å². The summed E-state index contributed by atoms with van der Waals surface area (Å²) in [7, 11) is -6.96. The molecule has 118 valence electrons. The molecule has 21 heavy (non-hydrogen) atoms. The van der Waals surface area contributed by atoms with Gasteiger partial charge < -0.3 is 5.32 Å². The molecule has 1 aromatic carbocycles. The van der Waals surface area contributed by atoms with Crippen LogP contribution in [-0.2, 0) is 19.7 Å². The third kappa shape index (κ3) is 3.64. The first-order valence-electron chi connectivity index (χ1n) is 7.00. The summed E-state index contributed by atoms with van der Waals surface area (Å²) in [6.45, 7) is 4.45. The summed E-state index contributed by atoms with van der Waals surface area (Å²) in [4.78, 5) is 0.193. The molecule has 1 N–H and O–H groups in total. The van der Waals surface area contributed by atoms with Crippen LogP contribution in [0.5, 0.6) is 0 Å². The minimum atomic E-state index is -3.65. The number of rotatable bonds is 5. The van der Waals surface area contributed by atoms with Gasteiger partial charge in [-0.3, -0.25) is 0 Å². The predicted octanol–water partition coefficient (Wildman–Crippen LogP) is 0.934. The van der Waals surface area contributed by atoms with Crippen LogP contribution < -0.4 is 5.32 Å². The Bertz CT molecular complexity index is 693. The first kappa shape index (κ1) is 16.5. The maximum absolute atomic E-state index is 12.7. The van der Waals surface area contributed by atoms with Crippen molar-refractivity contribution in [1.29, 1.82) is 0 Å². The summed E-state index contributed by atoms with van der Waals surface area (Å²) in [6.07, 6.45) is 0.827. The van der Waals surface area contributed by atoms with Crippen molar-refractivity contribution in [3.8, 4) is 0 Å². The summed E-state index contributed by atoms with van der Waals surface area (Å²) in [5, 5.41) is 2.16. The van der Waals surface area contributed by atoms with Crippen LogP contribution in [0.15, 0.2) is 29.2 Å². The zero-order valence-corrected chi connectivity index (χ0v) is 13.9. The van der Waals surface area contributed by atoms with E-state index in [1.165, 1.54) is 0 Å². The van der Waals surface area contributed by atoms with E-state index in [-0.39, 0.29) is 16.4 Å². The average molecular weight is 331 g/mol. The number of sulfone groups is 2. The third-order valence-electron chi connectivity index (χ3n) is 3.71. The Hall–Kier alpha value is -0.920. The Kier molecular flexibility index (Phi) is 4.75. The van der Waals surface area contributed by atoms with Gasteiger partial charge in [0.25, 0.3) is 0 Å². The SMILES string of the molecule is CCCNC1CS(=O)(=O)CC1S(=O)(=O)c1ccc(C)cc1. The standard InChI is InChI=1S/C14H21NO4S2/c1-3-8-15-13-9-20(16,17)10-14(13)21(18,19)12-6-4-11(2)5-7-12/h4-7,13-15H,3,8-10H2,1-2H3. The highest BCUT2D eigenvalue weighted by molar-refractivity contribution is 7.96. The molecule has 2 atom stereocenters. The fourth-order valence-corrected chi connectivity index (χ4v) is 7.26. The normalized spacial score (nSPS) is 25.0. The maximum atomic E-state index is 12.7. The van der Waals surface area contributed by atoms with Gasteiger partial charge in [-0.25, -0.2) is 16.8 Å². The Labute approximate surface area is 126 Å². The molecule has 0 aliphatic carbocycles. The first-order valence-corrected chi connectivity index (χ1v) is 10.4. The van der Waals surface area contributed by atoms with Crippen molar-refractivity contribution < 1.29 is 16.8 Å². The smallest absolute Gasteiger partial charge is 0.183 e. The third-order valence-corrected chi connectivity index (χ3v) is 7.87. The van der Waals surface area contributed by atoms with E-state index in [0.29, 0.717) is 6.54 Å². The summed E-state index contributed by atoms with van der Waals surface area (Å²) in [5.74, 6) is -0.409. The highest BCUT2D eigenvalue weighted by Gasteiger charge is 2.45. The minimum Gasteiger partial charge on any atom is -0.312 e. The molecule has 0 spiro atoms. The molecule has 0 amide bonds. The lowest BCUT2D eigenvalue weighted by molar-refractivity contribution is 0.525. The Morgan fingerprint density at radius 2 is 1.81 bits per heavy atom. The highest BCUT2D eigenvalue weighted by atomic mass is 32.2. The van der Waals surface area contributed by atoms with E-state index in [0.717, 1.165) is 12.0 Å². The van der Waals surface area contributed by atoms with E-state index in [1.807, 2.05) is 13.8 Å². The van der Waals surface area contributed by atoms with Crippen LogP contribution in [0, 0.1) is 6.92 Å². The molecular weight excluding hydrogens is 310 g/mol. The summed E-state index contributed by atoms with van der Waals surface area (Å²) < 4.78 is 49.1. The molecule has 1 fully saturated rings. The summed E-state index contributed by atoms with van der Waals surface area (Å²) in [6, 6.07) is 6.02. The molecule has 1 saturated heterocycles. The molecule has 2 rings (SSSR count). The fourth-order valence-electron chi connectivity index (χ4n) is 2.54. The zero-order chi connectivity index (χ0) is 15.7. The van der Waals surface area contributed by atoms with Crippen LogP contribution in [0.3, 0.4) is 0 Å². The van der Waals surface area contributed by atoms with Crippen molar-refractivity contribution in [3.63, 3.8) is 0 Å². The predicted molar refractivity (Wildman–Crippen MR) is 82.9 cm³/mol. The van der Waals surface area contributed by atoms with E-state index in [9.17, 15) is 16.8 Å². The Balaban J connectivity index is 2.34. The van der Waals surface area contributed by atoms with Crippen molar-refractivity contribution in [1.82, 2.24) is 5.32 Å². The lowest BCUT2D eigenvalue weighted by Crippen LogP contribution is -2.43. The van der Waals surface area contributed by atoms with Crippen molar-refractivity contribution in [2.45, 2.75) is 36.5 Å². The van der Waals surface area contributed by atoms with E-state index < -0.39 is 31.0 Å². The average Bonchev–Trinajstić information content (AvgIpc) is 2.73. The maximum Gasteiger partial charge on any atom is 0.183 e. The molecule has 1 aliphatic heterocycles. The molecule has 1 heterocycles. The largest absolute Gasteiger partial charge is 0.312 e. The quantitative estimate of drug-likeness (QED) is 0.868. The molecule has 2 unspecified atom stereocenters. The Morgan fingerprint density at radius 1 is 1.19 bits per heavy atom. The molecule has 7 heteroatoms. The topological polar surface area (TPSA) is 80.3 Å². The lowest BCUT2D eigenvalue weighted by Gasteiger charge is -2.19. The van der Waals surface area contributed by atoms with Crippen LogP contribution >= 0.6 is 0 Å². The van der Waals surface area contributed by atoms with Crippen LogP contribution in [-0.4, -0.2) is 46.2 Å². The van der Waals surface area contributed by atoms with Crippen molar-refractivity contribution in [2.24, 2.45) is 0 Å². The number of aryl methyl sites for hydroxylation is 1. The van der Waals surface area contributed by atoms with Gasteiger partial charge in [0.05, 0.1) is 21.7 Å². The summed E-state index contributed by atoms with van der Waals surface area (Å²) >= 11 is 0. The second-order valence-corrected chi connectivity index (χ2v) is 9.85. The first-order chi connectivity index (χ1) is 9.76. The number of benzene rings is 1. The summed E-state index contributed by atoms with van der Waals surface area (Å²) in [5.41, 5.74) is 0.966. The van der Waals surface area contributed by atoms with Gasteiger partial charge >= 0.3 is 0 Å². The second kappa shape index (κ2) is 6.06. The van der Waals surface area contributed by atoms with Crippen LogP contribution in [0.1, 0.15) is 18.9 Å². The molecule has 0 radical (unpaired) electrons. The molecule has 5 nitrogen and oxygen atoms in total. The highest BCUT2D eigenvalue weighted by Crippen LogP contribution is 2.26. The lowest BCUT2D eigenvalue weighted by atomic mass is 10.2. The fraction of sp³-hybridized carbons (Fsp3) is 0.571. The molecule has 1 aromatic rings. The van der Waals surface area contributed by atoms with E-state index in [2.05, 4.69) is 5.32 Å². The van der Waals surface area contributed by atoms with Crippen molar-refractivity contribution in [2.75, 3.05) is 18.1 Å². The molecule has 0 aromatic heterocycles. The minimum absolute atomic E-state index is 0.108. The number of hydrogen-bond donors (Lipinski definition) is 1. The molecule has 0 bridgehead atoms. The van der Waals surface area contributed by atoms with Gasteiger partial charge in [0, 0.05) is 6.04 Å². The monoisotopic (exact) mass is 331 g/mol. The van der Waals surface area contributed by atoms with Gasteiger partial charge in [0.15, 0.2) is 19.7 Å².